The minimum atomic E-state index is -1.05. The van der Waals surface area contributed by atoms with Crippen molar-refractivity contribution >= 4 is 41.1 Å². The van der Waals surface area contributed by atoms with E-state index in [0.29, 0.717) is 22.0 Å². The van der Waals surface area contributed by atoms with Gasteiger partial charge in [-0.15, -0.1) is 11.8 Å². The highest BCUT2D eigenvalue weighted by molar-refractivity contribution is 8.00. The second-order valence-electron chi connectivity index (χ2n) is 7.82. The SMILES string of the molecule is CC(OC(=O)c1ccccc1SCC(=O)Nc1cccc(C#N)c1)C(=O)Nc1ccnn1C(C)C. The number of hydrogen-bond donors (Lipinski definition) is 2. The summed E-state index contributed by atoms with van der Waals surface area (Å²) in [5, 5.41) is 18.6. The van der Waals surface area contributed by atoms with Crippen LogP contribution in [0.2, 0.25) is 0 Å². The summed E-state index contributed by atoms with van der Waals surface area (Å²) in [7, 11) is 0. The van der Waals surface area contributed by atoms with Crippen molar-refractivity contribution in [3.63, 3.8) is 0 Å². The number of anilines is 2. The van der Waals surface area contributed by atoms with Crippen molar-refractivity contribution in [2.24, 2.45) is 0 Å². The average molecular weight is 492 g/mol. The summed E-state index contributed by atoms with van der Waals surface area (Å²) in [6, 6.07) is 17.0. The maximum absolute atomic E-state index is 12.8. The second-order valence-corrected chi connectivity index (χ2v) is 8.83. The normalized spacial score (nSPS) is 11.4. The summed E-state index contributed by atoms with van der Waals surface area (Å²) in [5.41, 5.74) is 1.21. The van der Waals surface area contributed by atoms with E-state index in [4.69, 9.17) is 10.00 Å². The van der Waals surface area contributed by atoms with Crippen LogP contribution < -0.4 is 10.6 Å². The Morgan fingerprint density at radius 3 is 2.60 bits per heavy atom. The molecule has 0 spiro atoms. The number of nitrogens with zero attached hydrogens (tertiary/aromatic N) is 3. The van der Waals surface area contributed by atoms with Crippen LogP contribution in [0.15, 0.2) is 65.7 Å². The number of nitrogens with one attached hydrogen (secondary N) is 2. The fourth-order valence-electron chi connectivity index (χ4n) is 3.10. The van der Waals surface area contributed by atoms with Crippen molar-refractivity contribution in [2.45, 2.75) is 37.8 Å². The van der Waals surface area contributed by atoms with E-state index in [1.54, 1.807) is 65.5 Å². The van der Waals surface area contributed by atoms with Gasteiger partial charge in [0.05, 0.1) is 29.1 Å². The van der Waals surface area contributed by atoms with Crippen molar-refractivity contribution in [3.05, 3.63) is 71.9 Å². The molecule has 0 aliphatic heterocycles. The lowest BCUT2D eigenvalue weighted by molar-refractivity contribution is -0.123. The molecule has 0 fully saturated rings. The van der Waals surface area contributed by atoms with E-state index < -0.39 is 18.0 Å². The van der Waals surface area contributed by atoms with Crippen molar-refractivity contribution in [1.29, 1.82) is 5.26 Å². The van der Waals surface area contributed by atoms with Gasteiger partial charge in [-0.3, -0.25) is 9.59 Å². The number of nitriles is 1. The molecule has 0 aliphatic carbocycles. The molecule has 10 heteroatoms. The van der Waals surface area contributed by atoms with Gasteiger partial charge in [0.2, 0.25) is 5.91 Å². The molecule has 9 nitrogen and oxygen atoms in total. The first-order valence-corrected chi connectivity index (χ1v) is 11.8. The number of hydrogen-bond acceptors (Lipinski definition) is 7. The summed E-state index contributed by atoms with van der Waals surface area (Å²) in [6.45, 7) is 5.36. The quantitative estimate of drug-likeness (QED) is 0.338. The Labute approximate surface area is 207 Å². The number of amides is 2. The Kier molecular flexibility index (Phi) is 8.64. The molecule has 1 atom stereocenters. The number of carbonyl (C=O) groups excluding carboxylic acids is 3. The van der Waals surface area contributed by atoms with Gasteiger partial charge >= 0.3 is 5.97 Å². The van der Waals surface area contributed by atoms with Gasteiger partial charge in [0.1, 0.15) is 5.82 Å². The number of ether oxygens (including phenoxy) is 1. The zero-order chi connectivity index (χ0) is 25.4. The number of thioether (sulfide) groups is 1. The van der Waals surface area contributed by atoms with Crippen molar-refractivity contribution < 1.29 is 19.1 Å². The van der Waals surface area contributed by atoms with E-state index in [9.17, 15) is 14.4 Å². The number of benzene rings is 2. The van der Waals surface area contributed by atoms with Gasteiger partial charge in [-0.1, -0.05) is 18.2 Å². The third kappa shape index (κ3) is 6.94. The number of carbonyl (C=O) groups is 3. The molecule has 1 unspecified atom stereocenters. The summed E-state index contributed by atoms with van der Waals surface area (Å²) in [5.74, 6) is -0.894. The molecule has 0 aliphatic rings. The summed E-state index contributed by atoms with van der Waals surface area (Å²) in [4.78, 5) is 38.3. The zero-order valence-corrected chi connectivity index (χ0v) is 20.3. The number of aromatic nitrogens is 2. The fourth-order valence-corrected chi connectivity index (χ4v) is 3.94. The van der Waals surface area contributed by atoms with E-state index in [-0.39, 0.29) is 23.3 Å². The van der Waals surface area contributed by atoms with Crippen molar-refractivity contribution in [1.82, 2.24) is 9.78 Å². The molecule has 2 aromatic carbocycles. The molecule has 35 heavy (non-hydrogen) atoms. The summed E-state index contributed by atoms with van der Waals surface area (Å²) < 4.78 is 7.04. The van der Waals surface area contributed by atoms with Gasteiger partial charge < -0.3 is 15.4 Å². The molecule has 2 amide bonds. The molecule has 1 aromatic heterocycles. The molecule has 2 N–H and O–H groups in total. The number of esters is 1. The summed E-state index contributed by atoms with van der Waals surface area (Å²) in [6.07, 6.45) is 0.530. The average Bonchev–Trinajstić information content (AvgIpc) is 3.31. The minimum absolute atomic E-state index is 0.0380. The van der Waals surface area contributed by atoms with Crippen LogP contribution >= 0.6 is 11.8 Å². The van der Waals surface area contributed by atoms with Gasteiger partial charge in [-0.2, -0.15) is 10.4 Å². The van der Waals surface area contributed by atoms with Gasteiger partial charge in [0, 0.05) is 22.7 Å². The Morgan fingerprint density at radius 1 is 1.09 bits per heavy atom. The van der Waals surface area contributed by atoms with Crippen LogP contribution in [-0.4, -0.2) is 39.4 Å². The fraction of sp³-hybridized carbons (Fsp3) is 0.240. The van der Waals surface area contributed by atoms with E-state index in [1.807, 2.05) is 19.9 Å². The van der Waals surface area contributed by atoms with Crippen LogP contribution in [-0.2, 0) is 14.3 Å². The van der Waals surface area contributed by atoms with Crippen LogP contribution in [0.3, 0.4) is 0 Å². The first kappa shape index (κ1) is 25.5. The van der Waals surface area contributed by atoms with E-state index in [1.165, 1.54) is 18.7 Å². The first-order valence-electron chi connectivity index (χ1n) is 10.9. The van der Waals surface area contributed by atoms with Crippen molar-refractivity contribution in [3.8, 4) is 6.07 Å². The maximum atomic E-state index is 12.8. The third-order valence-electron chi connectivity index (χ3n) is 4.80. The molecule has 180 valence electrons. The standard InChI is InChI=1S/C25H25N5O4S/c1-16(2)30-22(11-12-27-30)29-24(32)17(3)34-25(33)20-9-4-5-10-21(20)35-15-23(31)28-19-8-6-7-18(13-19)14-26/h4-13,16-17H,15H2,1-3H3,(H,28,31)(H,29,32). The minimum Gasteiger partial charge on any atom is -0.449 e. The lowest BCUT2D eigenvalue weighted by atomic mass is 10.2. The van der Waals surface area contributed by atoms with Gasteiger partial charge in [-0.05, 0) is 51.1 Å². The monoisotopic (exact) mass is 491 g/mol. The van der Waals surface area contributed by atoms with Crippen LogP contribution in [0.1, 0.15) is 42.7 Å². The van der Waals surface area contributed by atoms with E-state index >= 15 is 0 Å². The molecule has 0 bridgehead atoms. The van der Waals surface area contributed by atoms with Crippen LogP contribution in [0.25, 0.3) is 0 Å². The molecule has 0 saturated heterocycles. The maximum Gasteiger partial charge on any atom is 0.340 e. The molecule has 1 heterocycles. The topological polar surface area (TPSA) is 126 Å². The van der Waals surface area contributed by atoms with Gasteiger partial charge in [-0.25, -0.2) is 9.48 Å². The van der Waals surface area contributed by atoms with Gasteiger partial charge in [0.25, 0.3) is 5.91 Å². The van der Waals surface area contributed by atoms with Crippen LogP contribution in [0.5, 0.6) is 0 Å². The zero-order valence-electron chi connectivity index (χ0n) is 19.5. The summed E-state index contributed by atoms with van der Waals surface area (Å²) >= 11 is 1.17. The van der Waals surface area contributed by atoms with Crippen molar-refractivity contribution in [2.75, 3.05) is 16.4 Å². The van der Waals surface area contributed by atoms with Gasteiger partial charge in [0.15, 0.2) is 6.10 Å². The molecule has 0 saturated carbocycles. The molecule has 3 rings (SSSR count). The molecular weight excluding hydrogens is 466 g/mol. The smallest absolute Gasteiger partial charge is 0.340 e. The van der Waals surface area contributed by atoms with Crippen LogP contribution in [0, 0.1) is 11.3 Å². The largest absolute Gasteiger partial charge is 0.449 e. The first-order chi connectivity index (χ1) is 16.8. The highest BCUT2D eigenvalue weighted by atomic mass is 32.2. The molecule has 3 aromatic rings. The predicted octanol–water partition coefficient (Wildman–Crippen LogP) is 4.25. The Morgan fingerprint density at radius 2 is 1.86 bits per heavy atom. The Balaban J connectivity index is 1.59. The highest BCUT2D eigenvalue weighted by Gasteiger charge is 2.22. The number of rotatable bonds is 9. The lowest BCUT2D eigenvalue weighted by Gasteiger charge is -2.16. The molecular formula is C25H25N5O4S. The van der Waals surface area contributed by atoms with E-state index in [2.05, 4.69) is 15.7 Å². The Bertz CT molecular complexity index is 1260. The highest BCUT2D eigenvalue weighted by Crippen LogP contribution is 2.24. The third-order valence-corrected chi connectivity index (χ3v) is 5.88. The predicted molar refractivity (Wildman–Crippen MR) is 133 cm³/mol. The van der Waals surface area contributed by atoms with Crippen LogP contribution in [0.4, 0.5) is 11.5 Å². The second kappa shape index (κ2) is 11.9. The van der Waals surface area contributed by atoms with E-state index in [0.717, 1.165) is 0 Å². The Hall–Kier alpha value is -4.10. The lowest BCUT2D eigenvalue weighted by Crippen LogP contribution is -2.31. The molecule has 0 radical (unpaired) electrons.